The molecular weight excluding hydrogens is 278 g/mol. The first kappa shape index (κ1) is 16.7. The Hall–Kier alpha value is -1.65. The summed E-state index contributed by atoms with van der Waals surface area (Å²) in [5.41, 5.74) is 0.685. The topological polar surface area (TPSA) is 47.6 Å². The zero-order valence-electron chi connectivity index (χ0n) is 13.5. The van der Waals surface area contributed by atoms with E-state index in [4.69, 9.17) is 9.47 Å². The third kappa shape index (κ3) is 5.62. The SMILES string of the molecule is CC(C)(C)OC(=O)[C@H]1CC=C[C@@H](COCc2ccccc2)N1. The standard InChI is InChI=1S/C18H25NO3/c1-18(2,3)22-17(20)16-11-7-10-15(19-16)13-21-12-14-8-5-4-6-9-14/h4-10,15-16,19H,11-13H2,1-3H3/t15-,16+/m0/s1. The van der Waals surface area contributed by atoms with Gasteiger partial charge in [-0.05, 0) is 32.8 Å². The normalized spacial score (nSPS) is 21.6. The number of esters is 1. The number of carbonyl (C=O) groups is 1. The molecule has 1 aromatic carbocycles. The first-order valence-corrected chi connectivity index (χ1v) is 7.71. The number of carbonyl (C=O) groups excluding carboxylic acids is 1. The average Bonchev–Trinajstić information content (AvgIpc) is 2.47. The molecule has 22 heavy (non-hydrogen) atoms. The second-order valence-electron chi connectivity index (χ2n) is 6.52. The van der Waals surface area contributed by atoms with E-state index in [1.54, 1.807) is 0 Å². The largest absolute Gasteiger partial charge is 0.459 e. The van der Waals surface area contributed by atoms with E-state index >= 15 is 0 Å². The van der Waals surface area contributed by atoms with E-state index < -0.39 is 5.60 Å². The highest BCUT2D eigenvalue weighted by atomic mass is 16.6. The van der Waals surface area contributed by atoms with Crippen LogP contribution in [-0.2, 0) is 20.9 Å². The van der Waals surface area contributed by atoms with Crippen LogP contribution in [-0.4, -0.2) is 30.3 Å². The molecule has 1 heterocycles. The van der Waals surface area contributed by atoms with Gasteiger partial charge >= 0.3 is 5.97 Å². The molecule has 0 saturated carbocycles. The summed E-state index contributed by atoms with van der Waals surface area (Å²) < 4.78 is 11.1. The maximum Gasteiger partial charge on any atom is 0.323 e. The molecule has 0 aromatic heterocycles. The van der Waals surface area contributed by atoms with Gasteiger partial charge in [0.25, 0.3) is 0 Å². The third-order valence-electron chi connectivity index (χ3n) is 3.26. The number of benzene rings is 1. The predicted octanol–water partition coefficient (Wildman–Crippen LogP) is 2.83. The summed E-state index contributed by atoms with van der Waals surface area (Å²) in [4.78, 5) is 12.1. The molecule has 120 valence electrons. The van der Waals surface area contributed by atoms with Crippen molar-refractivity contribution in [2.45, 2.75) is 51.5 Å². The Balaban J connectivity index is 1.77. The molecule has 2 rings (SSSR count). The van der Waals surface area contributed by atoms with Crippen LogP contribution in [0.5, 0.6) is 0 Å². The fourth-order valence-corrected chi connectivity index (χ4v) is 2.28. The molecule has 0 spiro atoms. The van der Waals surface area contributed by atoms with E-state index in [0.717, 1.165) is 5.56 Å². The second-order valence-corrected chi connectivity index (χ2v) is 6.52. The van der Waals surface area contributed by atoms with E-state index in [1.807, 2.05) is 63.3 Å². The van der Waals surface area contributed by atoms with Crippen LogP contribution in [0.1, 0.15) is 32.8 Å². The Labute approximate surface area is 132 Å². The third-order valence-corrected chi connectivity index (χ3v) is 3.26. The van der Waals surface area contributed by atoms with Gasteiger partial charge in [0.15, 0.2) is 0 Å². The minimum Gasteiger partial charge on any atom is -0.459 e. The molecule has 1 N–H and O–H groups in total. The fourth-order valence-electron chi connectivity index (χ4n) is 2.28. The molecule has 0 unspecified atom stereocenters. The van der Waals surface area contributed by atoms with Gasteiger partial charge in [0.2, 0.25) is 0 Å². The van der Waals surface area contributed by atoms with Gasteiger partial charge in [-0.15, -0.1) is 0 Å². The lowest BCUT2D eigenvalue weighted by Crippen LogP contribution is -2.48. The van der Waals surface area contributed by atoms with Gasteiger partial charge in [-0.3, -0.25) is 10.1 Å². The van der Waals surface area contributed by atoms with Crippen molar-refractivity contribution in [3.8, 4) is 0 Å². The Kier molecular flexibility index (Phi) is 5.75. The van der Waals surface area contributed by atoms with E-state index in [-0.39, 0.29) is 18.1 Å². The van der Waals surface area contributed by atoms with Crippen LogP contribution in [0, 0.1) is 0 Å². The average molecular weight is 303 g/mol. The molecule has 2 atom stereocenters. The molecular formula is C18H25NO3. The zero-order chi connectivity index (χ0) is 16.0. The van der Waals surface area contributed by atoms with Gasteiger partial charge in [0.05, 0.1) is 13.2 Å². The smallest absolute Gasteiger partial charge is 0.323 e. The van der Waals surface area contributed by atoms with Crippen molar-refractivity contribution in [3.63, 3.8) is 0 Å². The first-order valence-electron chi connectivity index (χ1n) is 7.71. The molecule has 0 saturated heterocycles. The number of hydrogen-bond acceptors (Lipinski definition) is 4. The molecule has 4 nitrogen and oxygen atoms in total. The monoisotopic (exact) mass is 303 g/mol. The Morgan fingerprint density at radius 1 is 1.27 bits per heavy atom. The molecule has 1 aliphatic rings. The highest BCUT2D eigenvalue weighted by Gasteiger charge is 2.27. The summed E-state index contributed by atoms with van der Waals surface area (Å²) in [5.74, 6) is -0.204. The van der Waals surface area contributed by atoms with Crippen molar-refractivity contribution < 1.29 is 14.3 Å². The maximum absolute atomic E-state index is 12.1. The van der Waals surface area contributed by atoms with Gasteiger partial charge in [-0.2, -0.15) is 0 Å². The van der Waals surface area contributed by atoms with Crippen LogP contribution in [0.2, 0.25) is 0 Å². The van der Waals surface area contributed by atoms with Crippen molar-refractivity contribution >= 4 is 5.97 Å². The van der Waals surface area contributed by atoms with Crippen LogP contribution >= 0.6 is 0 Å². The molecule has 4 heteroatoms. The highest BCUT2D eigenvalue weighted by molar-refractivity contribution is 5.76. The van der Waals surface area contributed by atoms with Gasteiger partial charge in [0, 0.05) is 6.04 Å². The van der Waals surface area contributed by atoms with Crippen molar-refractivity contribution in [1.29, 1.82) is 0 Å². The van der Waals surface area contributed by atoms with Crippen molar-refractivity contribution in [1.82, 2.24) is 5.32 Å². The number of hydrogen-bond donors (Lipinski definition) is 1. The van der Waals surface area contributed by atoms with Crippen LogP contribution in [0.15, 0.2) is 42.5 Å². The predicted molar refractivity (Wildman–Crippen MR) is 86.4 cm³/mol. The Morgan fingerprint density at radius 3 is 2.68 bits per heavy atom. The first-order chi connectivity index (χ1) is 10.4. The van der Waals surface area contributed by atoms with E-state index in [2.05, 4.69) is 5.32 Å². The summed E-state index contributed by atoms with van der Waals surface area (Å²) in [6.45, 7) is 6.74. The number of nitrogens with one attached hydrogen (secondary N) is 1. The maximum atomic E-state index is 12.1. The molecule has 1 aliphatic heterocycles. The second kappa shape index (κ2) is 7.56. The Morgan fingerprint density at radius 2 is 2.00 bits per heavy atom. The van der Waals surface area contributed by atoms with Gasteiger partial charge < -0.3 is 9.47 Å². The highest BCUT2D eigenvalue weighted by Crippen LogP contribution is 2.13. The van der Waals surface area contributed by atoms with Gasteiger partial charge in [-0.25, -0.2) is 0 Å². The van der Waals surface area contributed by atoms with Gasteiger partial charge in [-0.1, -0.05) is 42.5 Å². The summed E-state index contributed by atoms with van der Waals surface area (Å²) in [6, 6.07) is 9.79. The minimum atomic E-state index is -0.459. The quantitative estimate of drug-likeness (QED) is 0.671. The minimum absolute atomic E-state index is 0.0370. The molecule has 0 fully saturated rings. The van der Waals surface area contributed by atoms with Crippen molar-refractivity contribution in [2.75, 3.05) is 6.61 Å². The zero-order valence-corrected chi connectivity index (χ0v) is 13.5. The molecule has 0 amide bonds. The van der Waals surface area contributed by atoms with Crippen molar-refractivity contribution in [3.05, 3.63) is 48.0 Å². The van der Waals surface area contributed by atoms with Crippen LogP contribution in [0.3, 0.4) is 0 Å². The van der Waals surface area contributed by atoms with Gasteiger partial charge in [0.1, 0.15) is 11.6 Å². The molecule has 0 bridgehead atoms. The van der Waals surface area contributed by atoms with Crippen LogP contribution < -0.4 is 5.32 Å². The summed E-state index contributed by atoms with van der Waals surface area (Å²) in [6.07, 6.45) is 4.72. The van der Waals surface area contributed by atoms with Crippen molar-refractivity contribution in [2.24, 2.45) is 0 Å². The summed E-state index contributed by atoms with van der Waals surface area (Å²) >= 11 is 0. The van der Waals surface area contributed by atoms with E-state index in [9.17, 15) is 4.79 Å². The lowest BCUT2D eigenvalue weighted by atomic mass is 10.1. The molecule has 0 aliphatic carbocycles. The molecule has 0 radical (unpaired) electrons. The molecule has 1 aromatic rings. The summed E-state index contributed by atoms with van der Waals surface area (Å²) in [7, 11) is 0. The summed E-state index contributed by atoms with van der Waals surface area (Å²) in [5, 5.41) is 3.28. The Bertz CT molecular complexity index is 505. The number of ether oxygens (including phenoxy) is 2. The lowest BCUT2D eigenvalue weighted by molar-refractivity contribution is -0.157. The van der Waals surface area contributed by atoms with E-state index in [0.29, 0.717) is 19.6 Å². The number of rotatable bonds is 5. The lowest BCUT2D eigenvalue weighted by Gasteiger charge is -2.28. The van der Waals surface area contributed by atoms with E-state index in [1.165, 1.54) is 0 Å². The van der Waals surface area contributed by atoms with Crippen LogP contribution in [0.4, 0.5) is 0 Å². The fraction of sp³-hybridized carbons (Fsp3) is 0.500. The van der Waals surface area contributed by atoms with Crippen LogP contribution in [0.25, 0.3) is 0 Å².